The minimum atomic E-state index is -0.487. The number of hydrogen-bond acceptors (Lipinski definition) is 9. The zero-order valence-electron chi connectivity index (χ0n) is 21.3. The van der Waals surface area contributed by atoms with Crippen LogP contribution in [0.5, 0.6) is 5.75 Å². The number of thioether (sulfide) groups is 1. The molecule has 202 valence electrons. The molecule has 1 fully saturated rings. The lowest BCUT2D eigenvalue weighted by atomic mass is 9.95. The lowest BCUT2D eigenvalue weighted by Crippen LogP contribution is -2.34. The average Bonchev–Trinajstić information content (AvgIpc) is 3.41. The van der Waals surface area contributed by atoms with E-state index in [4.69, 9.17) is 17.0 Å². The molecule has 11 heteroatoms. The Labute approximate surface area is 239 Å². The predicted octanol–water partition coefficient (Wildman–Crippen LogP) is 7.07. The first-order valence-electron chi connectivity index (χ1n) is 12.6. The van der Waals surface area contributed by atoms with E-state index >= 15 is 0 Å². The molecule has 0 aliphatic heterocycles. The van der Waals surface area contributed by atoms with Crippen molar-refractivity contribution in [2.24, 2.45) is 0 Å². The number of aliphatic hydroxyl groups is 1. The molecule has 0 saturated heterocycles. The molecule has 0 bridgehead atoms. The number of nitrogens with zero attached hydrogens (tertiary/aromatic N) is 4. The highest BCUT2D eigenvalue weighted by atomic mass is 32.2. The van der Waals surface area contributed by atoms with Gasteiger partial charge in [0, 0.05) is 22.4 Å². The summed E-state index contributed by atoms with van der Waals surface area (Å²) in [4.78, 5) is 12.5. The molecule has 5 rings (SSSR count). The van der Waals surface area contributed by atoms with E-state index in [9.17, 15) is 14.8 Å². The summed E-state index contributed by atoms with van der Waals surface area (Å²) in [5, 5.41) is 26.4. The van der Waals surface area contributed by atoms with Gasteiger partial charge in [0.05, 0.1) is 23.9 Å². The molecular formula is C29H25FN6O2S2. The van der Waals surface area contributed by atoms with Crippen LogP contribution in [0.25, 0.3) is 16.0 Å². The van der Waals surface area contributed by atoms with Crippen LogP contribution in [0.2, 0.25) is 0 Å². The molecule has 0 amide bonds. The number of anilines is 3. The lowest BCUT2D eigenvalue weighted by molar-refractivity contribution is 0.00688. The summed E-state index contributed by atoms with van der Waals surface area (Å²) in [5.41, 5.74) is 9.13. The van der Waals surface area contributed by atoms with E-state index in [1.165, 1.54) is 35.2 Å². The Kier molecular flexibility index (Phi) is 8.46. The van der Waals surface area contributed by atoms with Gasteiger partial charge in [-0.3, -0.25) is 0 Å². The highest BCUT2D eigenvalue weighted by molar-refractivity contribution is 7.98. The lowest BCUT2D eigenvalue weighted by Gasteiger charge is -2.28. The molecule has 4 aromatic rings. The van der Waals surface area contributed by atoms with E-state index in [0.29, 0.717) is 32.8 Å². The zero-order valence-corrected chi connectivity index (χ0v) is 22.9. The highest BCUT2D eigenvalue weighted by Gasteiger charge is 2.25. The molecule has 2 aromatic carbocycles. The third kappa shape index (κ3) is 6.18. The molecule has 1 aliphatic carbocycles. The van der Waals surface area contributed by atoms with Gasteiger partial charge in [-0.05, 0) is 61.2 Å². The second-order valence-electron chi connectivity index (χ2n) is 9.22. The van der Waals surface area contributed by atoms with Crippen LogP contribution < -0.4 is 15.8 Å². The Morgan fingerprint density at radius 1 is 1.18 bits per heavy atom. The number of rotatable bonds is 8. The second-order valence-corrected chi connectivity index (χ2v) is 11.0. The summed E-state index contributed by atoms with van der Waals surface area (Å²) >= 11 is 2.72. The third-order valence-corrected chi connectivity index (χ3v) is 8.31. The largest absolute Gasteiger partial charge is 0.488 e. The summed E-state index contributed by atoms with van der Waals surface area (Å²) in [6.45, 7) is 7.69. The van der Waals surface area contributed by atoms with Crippen LogP contribution in [-0.2, 0) is 5.75 Å². The van der Waals surface area contributed by atoms with E-state index in [1.807, 2.05) is 5.38 Å². The van der Waals surface area contributed by atoms with Crippen molar-refractivity contribution in [2.45, 2.75) is 48.7 Å². The van der Waals surface area contributed by atoms with Crippen LogP contribution in [-0.4, -0.2) is 27.3 Å². The number of nitriles is 1. The van der Waals surface area contributed by atoms with Gasteiger partial charge in [-0.2, -0.15) is 5.26 Å². The zero-order chi connectivity index (χ0) is 28.1. The molecule has 1 saturated carbocycles. The fraction of sp³-hybridized carbons (Fsp3) is 0.241. The monoisotopic (exact) mass is 572 g/mol. The number of aliphatic hydroxyl groups excluding tert-OH is 1. The number of aromatic nitrogens is 2. The SMILES string of the molecule is [C-]#[N+]c1c(N)nc(SCc2csc(Nc3ccc(F)cc3)n2)c(C#N)c1-c1ccc(O[C@H]2CCCC[C@@H]2O)cc1. The van der Waals surface area contributed by atoms with Gasteiger partial charge in [-0.25, -0.2) is 19.2 Å². The Hall–Kier alpha value is -4.16. The van der Waals surface area contributed by atoms with Gasteiger partial charge in [0.15, 0.2) is 5.13 Å². The van der Waals surface area contributed by atoms with Crippen molar-refractivity contribution in [2.75, 3.05) is 11.1 Å². The number of hydrogen-bond donors (Lipinski definition) is 3. The molecule has 8 nitrogen and oxygen atoms in total. The average molecular weight is 573 g/mol. The first-order chi connectivity index (χ1) is 19.4. The van der Waals surface area contributed by atoms with Crippen LogP contribution in [0.1, 0.15) is 36.9 Å². The van der Waals surface area contributed by atoms with Crippen molar-refractivity contribution in [1.29, 1.82) is 5.26 Å². The summed E-state index contributed by atoms with van der Waals surface area (Å²) in [7, 11) is 0. The van der Waals surface area contributed by atoms with Crippen molar-refractivity contribution in [3.8, 4) is 22.9 Å². The number of benzene rings is 2. The van der Waals surface area contributed by atoms with Crippen LogP contribution in [0.15, 0.2) is 58.9 Å². The number of pyridine rings is 1. The Morgan fingerprint density at radius 2 is 1.93 bits per heavy atom. The third-order valence-electron chi connectivity index (χ3n) is 6.49. The predicted molar refractivity (Wildman–Crippen MR) is 155 cm³/mol. The first kappa shape index (κ1) is 27.4. The Bertz CT molecular complexity index is 1580. The number of halogens is 1. The smallest absolute Gasteiger partial charge is 0.236 e. The van der Waals surface area contributed by atoms with Gasteiger partial charge in [0.1, 0.15) is 34.6 Å². The second kappa shape index (κ2) is 12.3. The molecule has 40 heavy (non-hydrogen) atoms. The quantitative estimate of drug-likeness (QED) is 0.151. The molecule has 0 spiro atoms. The van der Waals surface area contributed by atoms with Gasteiger partial charge < -0.3 is 20.9 Å². The molecule has 2 heterocycles. The molecule has 4 N–H and O–H groups in total. The normalized spacial score (nSPS) is 16.6. The Balaban J connectivity index is 1.35. The van der Waals surface area contributed by atoms with Gasteiger partial charge >= 0.3 is 0 Å². The van der Waals surface area contributed by atoms with E-state index in [1.54, 1.807) is 36.4 Å². The van der Waals surface area contributed by atoms with E-state index < -0.39 is 6.10 Å². The molecule has 0 unspecified atom stereocenters. The fourth-order valence-electron chi connectivity index (χ4n) is 4.49. The summed E-state index contributed by atoms with van der Waals surface area (Å²) in [6, 6.07) is 15.4. The van der Waals surface area contributed by atoms with Crippen molar-refractivity contribution in [3.63, 3.8) is 0 Å². The first-order valence-corrected chi connectivity index (χ1v) is 14.5. The Morgan fingerprint density at radius 3 is 2.62 bits per heavy atom. The van der Waals surface area contributed by atoms with Gasteiger partial charge in [-0.1, -0.05) is 30.3 Å². The van der Waals surface area contributed by atoms with Gasteiger partial charge in [0.25, 0.3) is 0 Å². The minimum absolute atomic E-state index is 0.0501. The van der Waals surface area contributed by atoms with Crippen molar-refractivity contribution in [1.82, 2.24) is 9.97 Å². The van der Waals surface area contributed by atoms with E-state index in [2.05, 4.69) is 26.2 Å². The van der Waals surface area contributed by atoms with Crippen molar-refractivity contribution < 1.29 is 14.2 Å². The van der Waals surface area contributed by atoms with Gasteiger partial charge in [0.2, 0.25) is 5.69 Å². The molecule has 0 radical (unpaired) electrons. The molecule has 2 aromatic heterocycles. The maximum Gasteiger partial charge on any atom is 0.236 e. The van der Waals surface area contributed by atoms with Crippen LogP contribution >= 0.6 is 23.1 Å². The highest BCUT2D eigenvalue weighted by Crippen LogP contribution is 2.42. The van der Waals surface area contributed by atoms with E-state index in [0.717, 1.165) is 37.1 Å². The standard InChI is InChI=1S/C29H25FN6O2S2/c1-33-26-25(17-6-12-21(13-7-17)38-24-5-3-2-4-23(24)37)22(14-31)28(36-27(26)32)39-15-20-16-40-29(35-20)34-19-10-8-18(30)9-11-19/h6-13,16,23-24,37H,2-5,15H2,(H2,32,36)(H,34,35)/t23-,24-/m0/s1. The molecule has 1 aliphatic rings. The van der Waals surface area contributed by atoms with Crippen molar-refractivity contribution in [3.05, 3.63) is 82.4 Å². The maximum absolute atomic E-state index is 13.2. The van der Waals surface area contributed by atoms with Crippen molar-refractivity contribution >= 4 is 45.4 Å². The number of nitrogens with one attached hydrogen (secondary N) is 1. The van der Waals surface area contributed by atoms with E-state index in [-0.39, 0.29) is 29.0 Å². The van der Waals surface area contributed by atoms with Crippen LogP contribution in [0, 0.1) is 23.7 Å². The number of nitrogens with two attached hydrogens (primary N) is 1. The minimum Gasteiger partial charge on any atom is -0.488 e. The summed E-state index contributed by atoms with van der Waals surface area (Å²) < 4.78 is 19.2. The fourth-order valence-corrected chi connectivity index (χ4v) is 6.22. The topological polar surface area (TPSA) is 121 Å². The number of nitrogen functional groups attached to an aromatic ring is 1. The molecule has 2 atom stereocenters. The number of thiazole rings is 1. The number of ether oxygens (including phenoxy) is 1. The summed E-state index contributed by atoms with van der Waals surface area (Å²) in [6.07, 6.45) is 2.81. The summed E-state index contributed by atoms with van der Waals surface area (Å²) in [5.74, 6) is 0.779. The maximum atomic E-state index is 13.2. The molecular weight excluding hydrogens is 547 g/mol. The van der Waals surface area contributed by atoms with Crippen LogP contribution in [0.4, 0.5) is 26.7 Å². The van der Waals surface area contributed by atoms with Gasteiger partial charge in [-0.15, -0.1) is 11.3 Å². The van der Waals surface area contributed by atoms with Crippen LogP contribution in [0.3, 0.4) is 0 Å².